The van der Waals surface area contributed by atoms with Crippen LogP contribution in [0.25, 0.3) is 10.8 Å². The van der Waals surface area contributed by atoms with E-state index in [9.17, 15) is 4.79 Å². The molecule has 3 aromatic rings. The number of aromatic nitrogens is 2. The van der Waals surface area contributed by atoms with Gasteiger partial charge in [0.25, 0.3) is 5.91 Å². The minimum Gasteiger partial charge on any atom is -0.462 e. The molecule has 1 atom stereocenters. The maximum atomic E-state index is 13.2. The number of hydrogen-bond donors (Lipinski definition) is 1. The Bertz CT molecular complexity index is 861. The lowest BCUT2D eigenvalue weighted by Crippen LogP contribution is -2.48. The number of furan rings is 1. The normalized spacial score (nSPS) is 17.6. The third-order valence-electron chi connectivity index (χ3n) is 4.30. The minimum atomic E-state index is -0.0399. The zero-order chi connectivity index (χ0) is 17.2. The smallest absolute Gasteiger partial charge is 0.274 e. The summed E-state index contributed by atoms with van der Waals surface area (Å²) in [6, 6.07) is 7.55. The molecule has 7 heteroatoms. The number of aryl methyl sites for hydroxylation is 1. The molecule has 0 bridgehead atoms. The van der Waals surface area contributed by atoms with Gasteiger partial charge in [0.05, 0.1) is 12.3 Å². The topological polar surface area (TPSA) is 71.3 Å². The predicted octanol–water partition coefficient (Wildman–Crippen LogP) is 2.89. The van der Waals surface area contributed by atoms with Crippen LogP contribution in [-0.2, 0) is 0 Å². The second-order valence-corrected chi connectivity index (χ2v) is 7.11. The number of carbonyl (C=O) groups excluding carboxylic acids is 1. The molecule has 0 aromatic carbocycles. The number of amides is 1. The molecule has 3 aromatic heterocycles. The first-order valence-electron chi connectivity index (χ1n) is 8.17. The Morgan fingerprint density at radius 1 is 1.40 bits per heavy atom. The highest BCUT2D eigenvalue weighted by molar-refractivity contribution is 7.15. The van der Waals surface area contributed by atoms with Crippen molar-refractivity contribution in [3.63, 3.8) is 0 Å². The molecule has 1 aliphatic rings. The molecule has 4 rings (SSSR count). The van der Waals surface area contributed by atoms with Gasteiger partial charge in [-0.15, -0.1) is 11.3 Å². The van der Waals surface area contributed by atoms with E-state index in [1.165, 1.54) is 11.3 Å². The molecule has 1 N–H and O–H groups in total. The van der Waals surface area contributed by atoms with E-state index in [2.05, 4.69) is 15.3 Å². The van der Waals surface area contributed by atoms with Crippen LogP contribution in [0.4, 0.5) is 0 Å². The summed E-state index contributed by atoms with van der Waals surface area (Å²) in [7, 11) is 0. The number of piperazine rings is 1. The third-order valence-corrected chi connectivity index (χ3v) is 5.29. The minimum absolute atomic E-state index is 0.0388. The zero-order valence-corrected chi connectivity index (χ0v) is 14.6. The van der Waals surface area contributed by atoms with Gasteiger partial charge in [0.2, 0.25) is 0 Å². The van der Waals surface area contributed by atoms with Crippen molar-refractivity contribution in [2.24, 2.45) is 0 Å². The van der Waals surface area contributed by atoms with E-state index in [1.54, 1.807) is 12.5 Å². The van der Waals surface area contributed by atoms with Gasteiger partial charge in [-0.2, -0.15) is 0 Å². The largest absolute Gasteiger partial charge is 0.462 e. The van der Waals surface area contributed by atoms with Crippen LogP contribution in [0.2, 0.25) is 0 Å². The van der Waals surface area contributed by atoms with Gasteiger partial charge in [-0.3, -0.25) is 9.78 Å². The maximum absolute atomic E-state index is 13.2. The number of pyridine rings is 1. The van der Waals surface area contributed by atoms with Crippen molar-refractivity contribution in [2.75, 3.05) is 19.6 Å². The maximum Gasteiger partial charge on any atom is 0.274 e. The summed E-state index contributed by atoms with van der Waals surface area (Å²) in [6.45, 7) is 4.06. The number of rotatable bonds is 3. The molecule has 0 aliphatic carbocycles. The van der Waals surface area contributed by atoms with Crippen LogP contribution < -0.4 is 5.32 Å². The van der Waals surface area contributed by atoms with Gasteiger partial charge in [0, 0.05) is 36.9 Å². The molecule has 0 spiro atoms. The Hall–Kier alpha value is -2.51. The fraction of sp³-hybridized carbons (Fsp3) is 0.278. The van der Waals surface area contributed by atoms with Gasteiger partial charge in [-0.1, -0.05) is 6.07 Å². The molecule has 1 fully saturated rings. The van der Waals surface area contributed by atoms with E-state index in [4.69, 9.17) is 4.42 Å². The first-order chi connectivity index (χ1) is 12.2. The van der Waals surface area contributed by atoms with Crippen molar-refractivity contribution in [2.45, 2.75) is 13.0 Å². The first kappa shape index (κ1) is 16.0. The van der Waals surface area contributed by atoms with Crippen molar-refractivity contribution in [3.8, 4) is 10.8 Å². The van der Waals surface area contributed by atoms with Gasteiger partial charge >= 0.3 is 0 Å². The molecular weight excluding hydrogens is 336 g/mol. The summed E-state index contributed by atoms with van der Waals surface area (Å²) < 4.78 is 5.41. The monoisotopic (exact) mass is 354 g/mol. The summed E-state index contributed by atoms with van der Waals surface area (Å²) in [5.74, 6) is 0.651. The number of nitrogens with one attached hydrogen (secondary N) is 1. The number of nitrogens with zero attached hydrogens (tertiary/aromatic N) is 3. The van der Waals surface area contributed by atoms with Gasteiger partial charge in [0.1, 0.15) is 5.69 Å². The van der Waals surface area contributed by atoms with Gasteiger partial charge < -0.3 is 14.6 Å². The van der Waals surface area contributed by atoms with Crippen molar-refractivity contribution in [3.05, 3.63) is 59.1 Å². The summed E-state index contributed by atoms with van der Waals surface area (Å²) >= 11 is 1.48. The van der Waals surface area contributed by atoms with E-state index in [0.717, 1.165) is 22.0 Å². The Labute approximate surface area is 149 Å². The summed E-state index contributed by atoms with van der Waals surface area (Å²) in [5, 5.41) is 4.09. The molecule has 0 saturated carbocycles. The second-order valence-electron chi connectivity index (χ2n) is 5.91. The van der Waals surface area contributed by atoms with E-state index < -0.39 is 0 Å². The molecule has 1 amide bonds. The molecular formula is C18H18N4O2S. The van der Waals surface area contributed by atoms with E-state index >= 15 is 0 Å². The van der Waals surface area contributed by atoms with Crippen molar-refractivity contribution in [1.82, 2.24) is 20.2 Å². The van der Waals surface area contributed by atoms with E-state index in [0.29, 0.717) is 24.5 Å². The predicted molar refractivity (Wildman–Crippen MR) is 95.4 cm³/mol. The van der Waals surface area contributed by atoms with Crippen LogP contribution in [0, 0.1) is 6.92 Å². The lowest BCUT2D eigenvalue weighted by Gasteiger charge is -2.36. The van der Waals surface area contributed by atoms with E-state index in [1.807, 2.05) is 42.3 Å². The molecule has 4 heterocycles. The highest BCUT2D eigenvalue weighted by Gasteiger charge is 2.31. The Balaban J connectivity index is 1.65. The number of hydrogen-bond acceptors (Lipinski definition) is 6. The molecule has 1 aliphatic heterocycles. The van der Waals surface area contributed by atoms with Crippen LogP contribution in [0.3, 0.4) is 0 Å². The summed E-state index contributed by atoms with van der Waals surface area (Å²) in [4.78, 5) is 24.7. The first-order valence-corrected chi connectivity index (χ1v) is 8.98. The van der Waals surface area contributed by atoms with E-state index in [-0.39, 0.29) is 11.9 Å². The van der Waals surface area contributed by atoms with Gasteiger partial charge in [-0.05, 0) is 30.7 Å². The Morgan fingerprint density at radius 3 is 3.08 bits per heavy atom. The molecule has 1 unspecified atom stereocenters. The molecule has 0 radical (unpaired) electrons. The van der Waals surface area contributed by atoms with Crippen molar-refractivity contribution in [1.29, 1.82) is 0 Å². The standard InChI is InChI=1S/C18H18N4O2S/c1-12-16(21-17(25-12)15-5-3-9-24-15)18(23)22-8-7-20-11-14(22)13-4-2-6-19-10-13/h2-6,9-10,14,20H,7-8,11H2,1H3. The highest BCUT2D eigenvalue weighted by atomic mass is 32.1. The number of carbonyl (C=O) groups is 1. The lowest BCUT2D eigenvalue weighted by molar-refractivity contribution is 0.0628. The second kappa shape index (κ2) is 6.78. The fourth-order valence-electron chi connectivity index (χ4n) is 3.05. The highest BCUT2D eigenvalue weighted by Crippen LogP contribution is 2.30. The van der Waals surface area contributed by atoms with Crippen LogP contribution in [0.5, 0.6) is 0 Å². The van der Waals surface area contributed by atoms with Crippen LogP contribution in [0.1, 0.15) is 27.0 Å². The Kier molecular flexibility index (Phi) is 4.33. The zero-order valence-electron chi connectivity index (χ0n) is 13.8. The summed E-state index contributed by atoms with van der Waals surface area (Å²) in [5.41, 5.74) is 1.54. The average molecular weight is 354 g/mol. The van der Waals surface area contributed by atoms with Crippen LogP contribution >= 0.6 is 11.3 Å². The summed E-state index contributed by atoms with van der Waals surface area (Å²) in [6.07, 6.45) is 5.18. The van der Waals surface area contributed by atoms with Crippen molar-refractivity contribution < 1.29 is 9.21 Å². The van der Waals surface area contributed by atoms with Gasteiger partial charge in [-0.25, -0.2) is 4.98 Å². The Morgan fingerprint density at radius 2 is 2.32 bits per heavy atom. The van der Waals surface area contributed by atoms with Crippen LogP contribution in [-0.4, -0.2) is 40.4 Å². The number of thiazole rings is 1. The lowest BCUT2D eigenvalue weighted by atomic mass is 10.0. The quantitative estimate of drug-likeness (QED) is 0.783. The van der Waals surface area contributed by atoms with Gasteiger partial charge in [0.15, 0.2) is 10.8 Å². The molecule has 128 valence electrons. The third kappa shape index (κ3) is 3.08. The van der Waals surface area contributed by atoms with Crippen molar-refractivity contribution >= 4 is 17.2 Å². The fourth-order valence-corrected chi connectivity index (χ4v) is 3.93. The SMILES string of the molecule is Cc1sc(-c2ccco2)nc1C(=O)N1CCNCC1c1cccnc1. The molecule has 25 heavy (non-hydrogen) atoms. The average Bonchev–Trinajstić information content (AvgIpc) is 3.31. The molecule has 1 saturated heterocycles. The van der Waals surface area contributed by atoms with Crippen LogP contribution in [0.15, 0.2) is 47.3 Å². The molecule has 6 nitrogen and oxygen atoms in total.